The number of aromatic nitrogens is 2. The van der Waals surface area contributed by atoms with Crippen LogP contribution in [0.5, 0.6) is 5.75 Å². The molecule has 36 heavy (non-hydrogen) atoms. The fourth-order valence-corrected chi connectivity index (χ4v) is 5.08. The minimum Gasteiger partial charge on any atom is -0.434 e. The standard InChI is InChI=1S/C29H29ClF2N2O2/c30-24-17-26-25(16-23(24)22-6-1-2-7-27(22)36-29(31)32)33-28(34-26)21(14-15-35)20-12-10-19(11-13-20)5-3-4-18-8-9-18/h1-2,6-7,10-13,16-18,21,29,35H,3-5,8-9,14-15H2,(H,33,34). The molecule has 3 aromatic carbocycles. The van der Waals surface area contributed by atoms with Gasteiger partial charge >= 0.3 is 6.61 Å². The number of alkyl halides is 2. The number of rotatable bonds is 11. The number of para-hydroxylation sites is 1. The minimum absolute atomic E-state index is 0.0230. The number of imidazole rings is 1. The van der Waals surface area contributed by atoms with Crippen molar-refractivity contribution in [3.8, 4) is 16.9 Å². The first kappa shape index (κ1) is 24.7. The quantitative estimate of drug-likeness (QED) is 0.217. The highest BCUT2D eigenvalue weighted by Gasteiger charge is 2.21. The minimum atomic E-state index is -2.94. The lowest BCUT2D eigenvalue weighted by Crippen LogP contribution is -2.06. The number of fused-ring (bicyclic) bond motifs is 1. The number of ether oxygens (including phenoxy) is 1. The second-order valence-electron chi connectivity index (χ2n) is 9.49. The van der Waals surface area contributed by atoms with Gasteiger partial charge in [0.15, 0.2) is 0 Å². The van der Waals surface area contributed by atoms with E-state index >= 15 is 0 Å². The van der Waals surface area contributed by atoms with Gasteiger partial charge in [0.1, 0.15) is 11.6 Å². The summed E-state index contributed by atoms with van der Waals surface area (Å²) in [5.74, 6) is 1.62. The van der Waals surface area contributed by atoms with E-state index < -0.39 is 6.61 Å². The molecule has 7 heteroatoms. The number of benzene rings is 3. The zero-order chi connectivity index (χ0) is 25.1. The van der Waals surface area contributed by atoms with E-state index in [0.717, 1.165) is 29.2 Å². The molecule has 0 amide bonds. The van der Waals surface area contributed by atoms with Crippen molar-refractivity contribution in [2.45, 2.75) is 51.1 Å². The maximum atomic E-state index is 12.9. The van der Waals surface area contributed by atoms with Crippen molar-refractivity contribution < 1.29 is 18.6 Å². The Hall–Kier alpha value is -2.96. The summed E-state index contributed by atoms with van der Waals surface area (Å²) in [6.07, 6.45) is 6.93. The molecule has 1 heterocycles. The van der Waals surface area contributed by atoms with E-state index in [9.17, 15) is 13.9 Å². The van der Waals surface area contributed by atoms with Gasteiger partial charge in [0.2, 0.25) is 0 Å². The Kier molecular flexibility index (Phi) is 7.54. The summed E-state index contributed by atoms with van der Waals surface area (Å²) >= 11 is 6.56. The number of aryl methyl sites for hydroxylation is 1. The van der Waals surface area contributed by atoms with Crippen molar-refractivity contribution in [2.24, 2.45) is 5.92 Å². The summed E-state index contributed by atoms with van der Waals surface area (Å²) in [4.78, 5) is 8.17. The molecule has 1 unspecified atom stereocenters. The van der Waals surface area contributed by atoms with Gasteiger partial charge in [0.05, 0.1) is 16.1 Å². The van der Waals surface area contributed by atoms with E-state index in [0.29, 0.717) is 28.1 Å². The third kappa shape index (κ3) is 5.71. The third-order valence-corrected chi connectivity index (χ3v) is 7.20. The van der Waals surface area contributed by atoms with Crippen LogP contribution in [-0.4, -0.2) is 28.3 Å². The van der Waals surface area contributed by atoms with Gasteiger partial charge in [-0.15, -0.1) is 0 Å². The van der Waals surface area contributed by atoms with Crippen molar-refractivity contribution in [3.63, 3.8) is 0 Å². The van der Waals surface area contributed by atoms with Crippen molar-refractivity contribution >= 4 is 22.6 Å². The highest BCUT2D eigenvalue weighted by atomic mass is 35.5. The molecule has 4 nitrogen and oxygen atoms in total. The largest absolute Gasteiger partial charge is 0.434 e. The Morgan fingerprint density at radius 3 is 2.56 bits per heavy atom. The summed E-state index contributed by atoms with van der Waals surface area (Å²) in [5, 5.41) is 10.2. The van der Waals surface area contributed by atoms with Gasteiger partial charge in [-0.1, -0.05) is 73.3 Å². The van der Waals surface area contributed by atoms with Crippen LogP contribution < -0.4 is 4.74 Å². The molecule has 0 spiro atoms. The second kappa shape index (κ2) is 11.0. The number of nitrogens with zero attached hydrogens (tertiary/aromatic N) is 1. The monoisotopic (exact) mass is 510 g/mol. The van der Waals surface area contributed by atoms with Crippen LogP contribution in [0, 0.1) is 5.92 Å². The first-order valence-corrected chi connectivity index (χ1v) is 12.8. The van der Waals surface area contributed by atoms with Crippen molar-refractivity contribution in [3.05, 3.63) is 82.6 Å². The first-order valence-electron chi connectivity index (χ1n) is 12.4. The van der Waals surface area contributed by atoms with Crippen molar-refractivity contribution in [1.82, 2.24) is 9.97 Å². The lowest BCUT2D eigenvalue weighted by atomic mass is 9.93. The number of aliphatic hydroxyl groups excluding tert-OH is 1. The van der Waals surface area contributed by atoms with Crippen LogP contribution in [0.4, 0.5) is 8.78 Å². The fraction of sp³-hybridized carbons (Fsp3) is 0.345. The molecular formula is C29H29ClF2N2O2. The van der Waals surface area contributed by atoms with Crippen LogP contribution in [0.25, 0.3) is 22.2 Å². The van der Waals surface area contributed by atoms with Crippen LogP contribution in [0.3, 0.4) is 0 Å². The molecule has 5 rings (SSSR count). The maximum absolute atomic E-state index is 12.9. The highest BCUT2D eigenvalue weighted by Crippen LogP contribution is 2.38. The van der Waals surface area contributed by atoms with Gasteiger partial charge in [0, 0.05) is 23.7 Å². The van der Waals surface area contributed by atoms with E-state index in [1.54, 1.807) is 30.3 Å². The SMILES string of the molecule is OCCC(c1ccc(CCCC2CC2)cc1)c1nc2cc(-c3ccccc3OC(F)F)c(Cl)cc2[nH]1. The molecule has 1 aliphatic carbocycles. The van der Waals surface area contributed by atoms with Crippen LogP contribution in [0.15, 0.2) is 60.7 Å². The Morgan fingerprint density at radius 2 is 1.83 bits per heavy atom. The molecule has 1 aliphatic rings. The fourth-order valence-electron chi connectivity index (χ4n) is 4.82. The molecule has 4 aromatic rings. The molecule has 188 valence electrons. The van der Waals surface area contributed by atoms with Gasteiger partial charge in [-0.25, -0.2) is 4.98 Å². The normalized spacial score (nSPS) is 14.5. The molecule has 0 bridgehead atoms. The second-order valence-corrected chi connectivity index (χ2v) is 9.90. The topological polar surface area (TPSA) is 58.1 Å². The van der Waals surface area contributed by atoms with E-state index in [4.69, 9.17) is 21.3 Å². The van der Waals surface area contributed by atoms with Crippen LogP contribution in [-0.2, 0) is 6.42 Å². The average Bonchev–Trinajstić information content (AvgIpc) is 3.60. The van der Waals surface area contributed by atoms with Gasteiger partial charge in [-0.2, -0.15) is 8.78 Å². The van der Waals surface area contributed by atoms with E-state index in [2.05, 4.69) is 29.2 Å². The first-order chi connectivity index (χ1) is 17.5. The summed E-state index contributed by atoms with van der Waals surface area (Å²) in [6, 6.07) is 18.7. The van der Waals surface area contributed by atoms with Gasteiger partial charge in [-0.05, 0) is 54.5 Å². The molecule has 1 fully saturated rings. The molecule has 0 radical (unpaired) electrons. The number of halogens is 3. The van der Waals surface area contributed by atoms with Crippen molar-refractivity contribution in [1.29, 1.82) is 0 Å². The van der Waals surface area contributed by atoms with Gasteiger partial charge in [-0.3, -0.25) is 0 Å². The van der Waals surface area contributed by atoms with E-state index in [1.807, 2.05) is 0 Å². The lowest BCUT2D eigenvalue weighted by Gasteiger charge is -2.14. The Morgan fingerprint density at radius 1 is 1.06 bits per heavy atom. The molecule has 0 saturated heterocycles. The van der Waals surface area contributed by atoms with E-state index in [-0.39, 0.29) is 18.3 Å². The summed E-state index contributed by atoms with van der Waals surface area (Å²) in [6.45, 7) is -2.91. The predicted molar refractivity (Wildman–Crippen MR) is 139 cm³/mol. The highest BCUT2D eigenvalue weighted by molar-refractivity contribution is 6.34. The molecule has 1 aromatic heterocycles. The van der Waals surface area contributed by atoms with Crippen LogP contribution in [0.2, 0.25) is 5.02 Å². The number of H-pyrrole nitrogens is 1. The average molecular weight is 511 g/mol. The Balaban J connectivity index is 1.42. The van der Waals surface area contributed by atoms with Crippen LogP contribution in [0.1, 0.15) is 55.0 Å². The summed E-state index contributed by atoms with van der Waals surface area (Å²) < 4.78 is 30.5. The Labute approximate surface area is 214 Å². The van der Waals surface area contributed by atoms with E-state index in [1.165, 1.54) is 37.3 Å². The smallest absolute Gasteiger partial charge is 0.387 e. The lowest BCUT2D eigenvalue weighted by molar-refractivity contribution is -0.0494. The molecular weight excluding hydrogens is 482 g/mol. The molecule has 1 saturated carbocycles. The Bertz CT molecular complexity index is 1320. The molecule has 1 atom stereocenters. The zero-order valence-electron chi connectivity index (χ0n) is 19.9. The number of nitrogens with one attached hydrogen (secondary N) is 1. The van der Waals surface area contributed by atoms with Gasteiger partial charge < -0.3 is 14.8 Å². The summed E-state index contributed by atoms with van der Waals surface area (Å²) in [5.41, 5.74) is 4.84. The molecule has 0 aliphatic heterocycles. The van der Waals surface area contributed by atoms with Gasteiger partial charge in [0.25, 0.3) is 0 Å². The third-order valence-electron chi connectivity index (χ3n) is 6.89. The number of hydrogen-bond acceptors (Lipinski definition) is 3. The number of aliphatic hydroxyl groups is 1. The molecule has 2 N–H and O–H groups in total. The zero-order valence-corrected chi connectivity index (χ0v) is 20.6. The maximum Gasteiger partial charge on any atom is 0.387 e. The van der Waals surface area contributed by atoms with Crippen molar-refractivity contribution in [2.75, 3.05) is 6.61 Å². The van der Waals surface area contributed by atoms with Crippen LogP contribution >= 0.6 is 11.6 Å². The number of hydrogen-bond donors (Lipinski definition) is 2. The number of aromatic amines is 1. The predicted octanol–water partition coefficient (Wildman–Crippen LogP) is 7.73. The summed E-state index contributed by atoms with van der Waals surface area (Å²) in [7, 11) is 0.